The van der Waals surface area contributed by atoms with Gasteiger partial charge in [0.05, 0.1) is 0 Å². The third-order valence-corrected chi connectivity index (χ3v) is 8.89. The first-order valence-corrected chi connectivity index (χ1v) is 20.0. The summed E-state index contributed by atoms with van der Waals surface area (Å²) in [5, 5.41) is 9.13. The van der Waals surface area contributed by atoms with Gasteiger partial charge in [0.15, 0.2) is 0 Å². The molecule has 0 fully saturated rings. The van der Waals surface area contributed by atoms with Crippen molar-refractivity contribution in [3.8, 4) is 0 Å². The predicted octanol–water partition coefficient (Wildman–Crippen LogP) is 13.8. The standard InChI is InChI=1S/C42H76O4/c1-3-5-7-9-11-13-15-17-19-21-23-25-27-29-31-33-35-37-42(45)46-40(38-39-41(43)44)36-34-32-30-28-26-24-22-20-18-16-14-12-10-8-6-4-2/h5,7,11,13,17,19,40H,3-4,6,8-10,12,14-16,18,20-39H2,1-2H3,(H,43,44)/b7-5-,13-11-,19-17-. The average molecular weight is 645 g/mol. The monoisotopic (exact) mass is 645 g/mol. The van der Waals surface area contributed by atoms with Gasteiger partial charge >= 0.3 is 11.9 Å². The van der Waals surface area contributed by atoms with Gasteiger partial charge in [-0.1, -0.05) is 179 Å². The minimum Gasteiger partial charge on any atom is -0.481 e. The number of aliphatic carboxylic acids is 1. The van der Waals surface area contributed by atoms with E-state index in [1.54, 1.807) is 0 Å². The number of rotatable bonds is 36. The molecule has 0 heterocycles. The zero-order valence-electron chi connectivity index (χ0n) is 30.6. The van der Waals surface area contributed by atoms with Gasteiger partial charge in [0.25, 0.3) is 0 Å². The van der Waals surface area contributed by atoms with Gasteiger partial charge in [-0.25, -0.2) is 0 Å². The third kappa shape index (κ3) is 36.6. The third-order valence-electron chi connectivity index (χ3n) is 8.89. The Labute approximate surface area is 286 Å². The maximum absolute atomic E-state index is 12.4. The lowest BCUT2D eigenvalue weighted by molar-refractivity contribution is -0.151. The van der Waals surface area contributed by atoms with Gasteiger partial charge in [0.1, 0.15) is 6.10 Å². The van der Waals surface area contributed by atoms with Crippen molar-refractivity contribution in [3.63, 3.8) is 0 Å². The number of hydrogen-bond acceptors (Lipinski definition) is 3. The molecule has 1 atom stereocenters. The molecule has 0 spiro atoms. The van der Waals surface area contributed by atoms with Crippen LogP contribution in [0.5, 0.6) is 0 Å². The number of esters is 1. The highest BCUT2D eigenvalue weighted by molar-refractivity contribution is 5.69. The van der Waals surface area contributed by atoms with Crippen LogP contribution in [0.4, 0.5) is 0 Å². The second-order valence-corrected chi connectivity index (χ2v) is 13.4. The summed E-state index contributed by atoms with van der Waals surface area (Å²) in [5.41, 5.74) is 0. The van der Waals surface area contributed by atoms with E-state index in [-0.39, 0.29) is 18.5 Å². The van der Waals surface area contributed by atoms with Gasteiger partial charge in [-0.3, -0.25) is 9.59 Å². The molecule has 0 aromatic heterocycles. The molecule has 1 unspecified atom stereocenters. The summed E-state index contributed by atoms with van der Waals surface area (Å²) in [5.74, 6) is -0.960. The molecule has 0 aliphatic carbocycles. The van der Waals surface area contributed by atoms with Crippen LogP contribution in [0.2, 0.25) is 0 Å². The molecule has 0 aromatic carbocycles. The van der Waals surface area contributed by atoms with E-state index in [1.165, 1.54) is 122 Å². The van der Waals surface area contributed by atoms with Crippen molar-refractivity contribution < 1.29 is 19.4 Å². The molecule has 0 aromatic rings. The summed E-state index contributed by atoms with van der Waals surface area (Å²) in [6.45, 7) is 4.44. The molecule has 0 saturated carbocycles. The van der Waals surface area contributed by atoms with E-state index in [1.807, 2.05) is 0 Å². The first-order chi connectivity index (χ1) is 22.6. The van der Waals surface area contributed by atoms with Crippen LogP contribution in [0, 0.1) is 0 Å². The van der Waals surface area contributed by atoms with Crippen LogP contribution in [-0.4, -0.2) is 23.1 Å². The van der Waals surface area contributed by atoms with Gasteiger partial charge in [0, 0.05) is 12.8 Å². The van der Waals surface area contributed by atoms with E-state index < -0.39 is 5.97 Å². The Morgan fingerprint density at radius 3 is 1.43 bits per heavy atom. The van der Waals surface area contributed by atoms with Crippen molar-refractivity contribution >= 4 is 11.9 Å². The molecule has 0 saturated heterocycles. The number of ether oxygens (including phenoxy) is 1. The lowest BCUT2D eigenvalue weighted by atomic mass is 10.0. The smallest absolute Gasteiger partial charge is 0.306 e. The number of carboxylic acids is 1. The minimum absolute atomic E-state index is 0.0700. The van der Waals surface area contributed by atoms with E-state index in [9.17, 15) is 9.59 Å². The Balaban J connectivity index is 3.74. The van der Waals surface area contributed by atoms with E-state index in [0.29, 0.717) is 12.8 Å². The Morgan fingerprint density at radius 2 is 0.935 bits per heavy atom. The van der Waals surface area contributed by atoms with E-state index >= 15 is 0 Å². The fourth-order valence-corrected chi connectivity index (χ4v) is 5.95. The normalized spacial score (nSPS) is 12.6. The highest BCUT2D eigenvalue weighted by atomic mass is 16.5. The highest BCUT2D eigenvalue weighted by Crippen LogP contribution is 2.18. The van der Waals surface area contributed by atoms with Crippen LogP contribution >= 0.6 is 0 Å². The largest absolute Gasteiger partial charge is 0.481 e. The second-order valence-electron chi connectivity index (χ2n) is 13.4. The molecule has 268 valence electrons. The van der Waals surface area contributed by atoms with Crippen LogP contribution in [0.1, 0.15) is 213 Å². The second kappa shape index (κ2) is 37.6. The number of carbonyl (C=O) groups excluding carboxylic acids is 1. The topological polar surface area (TPSA) is 63.6 Å². The van der Waals surface area contributed by atoms with Crippen LogP contribution in [0.3, 0.4) is 0 Å². The summed E-state index contributed by atoms with van der Waals surface area (Å²) in [7, 11) is 0. The molecule has 0 amide bonds. The molecular weight excluding hydrogens is 568 g/mol. The number of allylic oxidation sites excluding steroid dienone is 6. The van der Waals surface area contributed by atoms with Crippen molar-refractivity contribution in [3.05, 3.63) is 36.5 Å². The number of carboxylic acid groups (broad SMARTS) is 1. The van der Waals surface area contributed by atoms with Crippen LogP contribution < -0.4 is 0 Å². The van der Waals surface area contributed by atoms with Gasteiger partial charge in [-0.05, 0) is 57.8 Å². The van der Waals surface area contributed by atoms with Crippen LogP contribution in [0.25, 0.3) is 0 Å². The van der Waals surface area contributed by atoms with Crippen molar-refractivity contribution in [2.24, 2.45) is 0 Å². The first-order valence-electron chi connectivity index (χ1n) is 20.0. The number of hydrogen-bond donors (Lipinski definition) is 1. The summed E-state index contributed by atoms with van der Waals surface area (Å²) < 4.78 is 5.74. The zero-order valence-corrected chi connectivity index (χ0v) is 30.6. The van der Waals surface area contributed by atoms with Gasteiger partial charge in [0.2, 0.25) is 0 Å². The van der Waals surface area contributed by atoms with Gasteiger partial charge in [-0.2, -0.15) is 0 Å². The predicted molar refractivity (Wildman–Crippen MR) is 199 cm³/mol. The van der Waals surface area contributed by atoms with Crippen molar-refractivity contribution in [1.82, 2.24) is 0 Å². The lowest BCUT2D eigenvalue weighted by Crippen LogP contribution is -2.19. The fourth-order valence-electron chi connectivity index (χ4n) is 5.95. The van der Waals surface area contributed by atoms with Gasteiger partial charge < -0.3 is 9.84 Å². The van der Waals surface area contributed by atoms with Crippen molar-refractivity contribution in [2.75, 3.05) is 0 Å². The zero-order chi connectivity index (χ0) is 33.6. The quantitative estimate of drug-likeness (QED) is 0.0419. The molecule has 0 aliphatic rings. The molecule has 0 rings (SSSR count). The molecule has 0 bridgehead atoms. The number of carbonyl (C=O) groups is 2. The average Bonchev–Trinajstić information content (AvgIpc) is 3.04. The maximum atomic E-state index is 12.4. The molecule has 4 nitrogen and oxygen atoms in total. The molecule has 0 radical (unpaired) electrons. The van der Waals surface area contributed by atoms with E-state index in [0.717, 1.165) is 57.8 Å². The minimum atomic E-state index is -0.813. The van der Waals surface area contributed by atoms with E-state index in [2.05, 4.69) is 50.3 Å². The molecule has 46 heavy (non-hydrogen) atoms. The maximum Gasteiger partial charge on any atom is 0.306 e. The molecule has 0 aliphatic heterocycles. The summed E-state index contributed by atoms with van der Waals surface area (Å²) >= 11 is 0. The van der Waals surface area contributed by atoms with Crippen molar-refractivity contribution in [2.45, 2.75) is 219 Å². The SMILES string of the molecule is CC/C=C\C/C=C\C/C=C\CCCCCCCCCC(=O)OC(CCCCCCCCCCCCCCCCCC)CCC(=O)O. The summed E-state index contributed by atoms with van der Waals surface area (Å²) in [6.07, 6.45) is 48.8. The van der Waals surface area contributed by atoms with Crippen LogP contribution in [0.15, 0.2) is 36.5 Å². The van der Waals surface area contributed by atoms with Gasteiger partial charge in [-0.15, -0.1) is 0 Å². The summed E-state index contributed by atoms with van der Waals surface area (Å²) in [6, 6.07) is 0. The Hall–Kier alpha value is -1.84. The lowest BCUT2D eigenvalue weighted by Gasteiger charge is -2.17. The number of unbranched alkanes of at least 4 members (excludes halogenated alkanes) is 22. The highest BCUT2D eigenvalue weighted by Gasteiger charge is 2.16. The molecular formula is C42H76O4. The molecule has 1 N–H and O–H groups in total. The van der Waals surface area contributed by atoms with Crippen molar-refractivity contribution in [1.29, 1.82) is 0 Å². The summed E-state index contributed by atoms with van der Waals surface area (Å²) in [4.78, 5) is 23.6. The fraction of sp³-hybridized carbons (Fsp3) is 0.810. The Bertz CT molecular complexity index is 738. The Kier molecular flexibility index (Phi) is 36.1. The Morgan fingerprint density at radius 1 is 0.500 bits per heavy atom. The van der Waals surface area contributed by atoms with E-state index in [4.69, 9.17) is 9.84 Å². The molecule has 4 heteroatoms. The van der Waals surface area contributed by atoms with Crippen LogP contribution in [-0.2, 0) is 14.3 Å². The first kappa shape index (κ1) is 44.2.